The van der Waals surface area contributed by atoms with E-state index in [9.17, 15) is 0 Å². The predicted molar refractivity (Wildman–Crippen MR) is 233 cm³/mol. The summed E-state index contributed by atoms with van der Waals surface area (Å²) < 4.78 is 4.73. The number of rotatable bonds is 6. The number of anilines is 3. The summed E-state index contributed by atoms with van der Waals surface area (Å²) in [6, 6.07) is 64.1. The molecule has 0 amide bonds. The van der Waals surface area contributed by atoms with E-state index in [2.05, 4.69) is 209 Å². The summed E-state index contributed by atoms with van der Waals surface area (Å²) in [5.74, 6) is 0. The molecule has 0 fully saturated rings. The van der Waals surface area contributed by atoms with Gasteiger partial charge in [-0.25, -0.2) is 0 Å². The van der Waals surface area contributed by atoms with E-state index in [0.29, 0.717) is 0 Å². The zero-order valence-electron chi connectivity index (χ0n) is 31.3. The maximum atomic E-state index is 4.38. The van der Waals surface area contributed by atoms with Crippen LogP contribution < -0.4 is 4.90 Å². The third kappa shape index (κ3) is 4.89. The Balaban J connectivity index is 1.14. The van der Waals surface area contributed by atoms with Gasteiger partial charge in [-0.1, -0.05) is 105 Å². The van der Waals surface area contributed by atoms with E-state index in [-0.39, 0.29) is 5.41 Å². The van der Waals surface area contributed by atoms with Crippen LogP contribution in [0.3, 0.4) is 0 Å². The van der Waals surface area contributed by atoms with Crippen molar-refractivity contribution in [2.24, 2.45) is 0 Å². The quantitative estimate of drug-likeness (QED) is 0.171. The average Bonchev–Trinajstić information content (AvgIpc) is 3.91. The second-order valence-electron chi connectivity index (χ2n) is 15.3. The van der Waals surface area contributed by atoms with Gasteiger partial charge in [0, 0.05) is 68.6 Å². The zero-order valence-corrected chi connectivity index (χ0v) is 31.3. The highest BCUT2D eigenvalue weighted by Gasteiger charge is 2.35. The Labute approximate surface area is 326 Å². The Kier molecular flexibility index (Phi) is 7.17. The van der Waals surface area contributed by atoms with Crippen LogP contribution in [0.2, 0.25) is 0 Å². The molecule has 7 aromatic carbocycles. The van der Waals surface area contributed by atoms with Crippen molar-refractivity contribution in [1.82, 2.24) is 14.1 Å². The van der Waals surface area contributed by atoms with Crippen LogP contribution in [0, 0.1) is 0 Å². The molecule has 1 aliphatic carbocycles. The average molecular weight is 719 g/mol. The minimum absolute atomic E-state index is 0.119. The Morgan fingerprint density at radius 3 is 1.95 bits per heavy atom. The molecule has 3 heterocycles. The molecule has 1 aliphatic rings. The van der Waals surface area contributed by atoms with Crippen molar-refractivity contribution in [3.05, 3.63) is 206 Å². The Morgan fingerprint density at radius 2 is 1.16 bits per heavy atom. The maximum absolute atomic E-state index is 4.38. The van der Waals surface area contributed by atoms with E-state index in [4.69, 9.17) is 0 Å². The third-order valence-electron chi connectivity index (χ3n) is 11.8. The fourth-order valence-electron chi connectivity index (χ4n) is 9.13. The van der Waals surface area contributed by atoms with Crippen molar-refractivity contribution >= 4 is 49.8 Å². The first-order valence-corrected chi connectivity index (χ1v) is 19.3. The molecule has 0 aliphatic heterocycles. The van der Waals surface area contributed by atoms with Gasteiger partial charge in [0.25, 0.3) is 0 Å². The van der Waals surface area contributed by atoms with E-state index >= 15 is 0 Å². The molecule has 0 spiro atoms. The zero-order chi connectivity index (χ0) is 37.4. The summed E-state index contributed by atoms with van der Waals surface area (Å²) in [4.78, 5) is 6.80. The summed E-state index contributed by atoms with van der Waals surface area (Å²) >= 11 is 0. The number of nitrogens with zero attached hydrogens (tertiary/aromatic N) is 4. The van der Waals surface area contributed by atoms with Crippen molar-refractivity contribution in [1.29, 1.82) is 0 Å². The fourth-order valence-corrected chi connectivity index (χ4v) is 9.13. The van der Waals surface area contributed by atoms with Crippen LogP contribution in [0.15, 0.2) is 195 Å². The fraction of sp³-hybridized carbons (Fsp3) is 0.0577. The second kappa shape index (κ2) is 12.4. The van der Waals surface area contributed by atoms with Crippen molar-refractivity contribution in [2.75, 3.05) is 4.90 Å². The molecule has 4 heteroatoms. The Morgan fingerprint density at radius 1 is 0.482 bits per heavy atom. The molecule has 0 unspecified atom stereocenters. The number of hydrogen-bond donors (Lipinski definition) is 0. The highest BCUT2D eigenvalue weighted by molar-refractivity contribution is 6.19. The first-order chi connectivity index (χ1) is 27.5. The first-order valence-electron chi connectivity index (χ1n) is 19.3. The summed E-state index contributed by atoms with van der Waals surface area (Å²) in [6.45, 7) is 4.70. The van der Waals surface area contributed by atoms with Crippen LogP contribution in [0.4, 0.5) is 17.1 Å². The Hall–Kier alpha value is -7.17. The standard InChI is InChI=1S/C52H38N4/c1-52(2)47-18-10-9-17-42(47)43-25-23-41(33-48(43)52)55(39-21-19-35(20-22-39)36-12-11-30-53-34-36)40-24-27-50-46(32-40)44-26-28-49-45(29-31-54(49)37-13-5-3-6-14-37)51(44)56(50)38-15-7-4-8-16-38/h3-34H,1-2H3. The van der Waals surface area contributed by atoms with Crippen LogP contribution in [0.1, 0.15) is 25.0 Å². The summed E-state index contributed by atoms with van der Waals surface area (Å²) in [7, 11) is 0. The number of aromatic nitrogens is 3. The van der Waals surface area contributed by atoms with Gasteiger partial charge in [-0.05, 0) is 118 Å². The lowest BCUT2D eigenvalue weighted by molar-refractivity contribution is 0.660. The molecule has 3 aromatic heterocycles. The topological polar surface area (TPSA) is 26.0 Å². The van der Waals surface area contributed by atoms with Gasteiger partial charge in [-0.15, -0.1) is 0 Å². The minimum Gasteiger partial charge on any atom is -0.316 e. The third-order valence-corrected chi connectivity index (χ3v) is 11.8. The minimum atomic E-state index is -0.119. The monoisotopic (exact) mass is 718 g/mol. The van der Waals surface area contributed by atoms with Crippen molar-refractivity contribution in [3.8, 4) is 33.6 Å². The van der Waals surface area contributed by atoms with Gasteiger partial charge < -0.3 is 14.0 Å². The van der Waals surface area contributed by atoms with E-state index < -0.39 is 0 Å². The molecule has 56 heavy (non-hydrogen) atoms. The van der Waals surface area contributed by atoms with Crippen molar-refractivity contribution < 1.29 is 0 Å². The lowest BCUT2D eigenvalue weighted by Crippen LogP contribution is -2.16. The number of hydrogen-bond acceptors (Lipinski definition) is 2. The molecular formula is C52H38N4. The van der Waals surface area contributed by atoms with E-state index in [1.807, 2.05) is 18.5 Å². The predicted octanol–water partition coefficient (Wildman–Crippen LogP) is 13.6. The first kappa shape index (κ1) is 32.3. The van der Waals surface area contributed by atoms with Gasteiger partial charge in [-0.2, -0.15) is 0 Å². The van der Waals surface area contributed by atoms with Gasteiger partial charge in [0.2, 0.25) is 0 Å². The SMILES string of the molecule is CC1(C)c2ccccc2-c2ccc(N(c3ccc(-c4cccnc4)cc3)c3ccc4c(c3)c3ccc5c(ccn5-c5ccccc5)c3n4-c3ccccc3)cc21. The smallest absolute Gasteiger partial charge is 0.0635 e. The van der Waals surface area contributed by atoms with Crippen molar-refractivity contribution in [3.63, 3.8) is 0 Å². The maximum Gasteiger partial charge on any atom is 0.0635 e. The molecule has 0 radical (unpaired) electrons. The van der Waals surface area contributed by atoms with Crippen LogP contribution in [-0.4, -0.2) is 14.1 Å². The highest BCUT2D eigenvalue weighted by Crippen LogP contribution is 2.51. The molecule has 0 saturated carbocycles. The lowest BCUT2D eigenvalue weighted by atomic mass is 9.82. The molecule has 0 atom stereocenters. The summed E-state index contributed by atoms with van der Waals surface area (Å²) in [6.07, 6.45) is 5.94. The van der Waals surface area contributed by atoms with Crippen LogP contribution in [0.25, 0.3) is 66.3 Å². The van der Waals surface area contributed by atoms with Gasteiger partial charge >= 0.3 is 0 Å². The largest absolute Gasteiger partial charge is 0.316 e. The summed E-state index contributed by atoms with van der Waals surface area (Å²) in [5.41, 5.74) is 16.7. The molecule has 0 bridgehead atoms. The van der Waals surface area contributed by atoms with E-state index in [0.717, 1.165) is 39.6 Å². The number of para-hydroxylation sites is 2. The molecule has 0 saturated heterocycles. The van der Waals surface area contributed by atoms with Crippen LogP contribution in [0.5, 0.6) is 0 Å². The van der Waals surface area contributed by atoms with Crippen LogP contribution >= 0.6 is 0 Å². The number of pyridine rings is 1. The van der Waals surface area contributed by atoms with Gasteiger partial charge in [0.15, 0.2) is 0 Å². The van der Waals surface area contributed by atoms with E-state index in [1.54, 1.807) is 0 Å². The van der Waals surface area contributed by atoms with Gasteiger partial charge in [-0.3, -0.25) is 4.98 Å². The number of benzene rings is 7. The van der Waals surface area contributed by atoms with Gasteiger partial charge in [0.1, 0.15) is 0 Å². The molecule has 11 rings (SSSR count). The molecule has 266 valence electrons. The van der Waals surface area contributed by atoms with E-state index in [1.165, 1.54) is 55.0 Å². The molecule has 0 N–H and O–H groups in total. The Bertz CT molecular complexity index is 3080. The summed E-state index contributed by atoms with van der Waals surface area (Å²) in [5, 5.41) is 3.65. The lowest BCUT2D eigenvalue weighted by Gasteiger charge is -2.28. The molecule has 10 aromatic rings. The highest BCUT2D eigenvalue weighted by atomic mass is 15.1. The molecule has 4 nitrogen and oxygen atoms in total. The molecular weight excluding hydrogens is 681 g/mol. The second-order valence-corrected chi connectivity index (χ2v) is 15.3. The number of fused-ring (bicyclic) bond motifs is 8. The van der Waals surface area contributed by atoms with Gasteiger partial charge in [0.05, 0.1) is 16.6 Å². The normalized spacial score (nSPS) is 13.0. The van der Waals surface area contributed by atoms with Crippen LogP contribution in [-0.2, 0) is 5.41 Å². The van der Waals surface area contributed by atoms with Crippen molar-refractivity contribution in [2.45, 2.75) is 19.3 Å².